The molecule has 8 heteroatoms. The summed E-state index contributed by atoms with van der Waals surface area (Å²) in [7, 11) is 3.79. The quantitative estimate of drug-likeness (QED) is 0.906. The Balaban J connectivity index is 1.77. The maximum Gasteiger partial charge on any atom is 0.319 e. The van der Waals surface area contributed by atoms with Crippen molar-refractivity contribution >= 4 is 22.9 Å². The van der Waals surface area contributed by atoms with Gasteiger partial charge in [0, 0.05) is 39.9 Å². The fraction of sp³-hybridized carbons (Fsp3) is 0.556. The highest BCUT2D eigenvalue weighted by molar-refractivity contribution is 5.87. The number of carbonyl (C=O) groups excluding carboxylic acids is 1. The maximum atomic E-state index is 12.7. The lowest BCUT2D eigenvalue weighted by Crippen LogP contribution is -2.55. The van der Waals surface area contributed by atoms with Gasteiger partial charge in [-0.2, -0.15) is 5.26 Å². The van der Waals surface area contributed by atoms with Gasteiger partial charge < -0.3 is 19.7 Å². The first kappa shape index (κ1) is 18.0. The van der Waals surface area contributed by atoms with Crippen LogP contribution in [0.4, 0.5) is 10.6 Å². The Bertz CT molecular complexity index is 811. The van der Waals surface area contributed by atoms with Gasteiger partial charge in [-0.15, -0.1) is 0 Å². The molecule has 2 amide bonds. The average Bonchev–Trinajstić information content (AvgIpc) is 3.14. The molecule has 2 unspecified atom stereocenters. The number of piperidine rings is 1. The fourth-order valence-corrected chi connectivity index (χ4v) is 3.58. The first-order chi connectivity index (χ1) is 12.5. The summed E-state index contributed by atoms with van der Waals surface area (Å²) in [6, 6.07) is 4.23. The fourth-order valence-electron chi connectivity index (χ4n) is 3.58. The van der Waals surface area contributed by atoms with Crippen molar-refractivity contribution in [3.8, 4) is 6.07 Å². The number of nitrogens with one attached hydrogen (secondary N) is 1. The molecule has 1 aliphatic rings. The first-order valence-electron chi connectivity index (χ1n) is 8.90. The van der Waals surface area contributed by atoms with Crippen LogP contribution in [-0.2, 0) is 0 Å². The minimum atomic E-state index is -0.0139. The molecule has 138 valence electrons. The standard InChI is InChI=1S/C18H25N7O/c1-13-6-10-25(18(26)23(2)9-4-7-19)11-15(13)24(3)17-14-5-8-20-16(14)21-12-22-17/h5,8,12-13,15H,4,6,9-11H2,1-3H3,(H,20,21,22). The number of hydrogen-bond donors (Lipinski definition) is 1. The summed E-state index contributed by atoms with van der Waals surface area (Å²) in [4.78, 5) is 30.2. The van der Waals surface area contributed by atoms with Crippen LogP contribution in [0.3, 0.4) is 0 Å². The third kappa shape index (κ3) is 3.43. The van der Waals surface area contributed by atoms with E-state index < -0.39 is 0 Å². The number of aromatic amines is 1. The van der Waals surface area contributed by atoms with Gasteiger partial charge in [0.15, 0.2) is 0 Å². The molecule has 0 saturated carbocycles. The average molecular weight is 355 g/mol. The predicted molar refractivity (Wildman–Crippen MR) is 99.7 cm³/mol. The van der Waals surface area contributed by atoms with Crippen LogP contribution >= 0.6 is 0 Å². The van der Waals surface area contributed by atoms with Gasteiger partial charge in [-0.3, -0.25) is 0 Å². The molecule has 1 N–H and O–H groups in total. The molecule has 3 heterocycles. The number of nitrogens with zero attached hydrogens (tertiary/aromatic N) is 6. The van der Waals surface area contributed by atoms with Crippen LogP contribution in [0.1, 0.15) is 19.8 Å². The number of anilines is 1. The molecular weight excluding hydrogens is 330 g/mol. The van der Waals surface area contributed by atoms with E-state index in [1.807, 2.05) is 24.2 Å². The molecule has 0 radical (unpaired) electrons. The van der Waals surface area contributed by atoms with E-state index in [-0.39, 0.29) is 12.1 Å². The summed E-state index contributed by atoms with van der Waals surface area (Å²) >= 11 is 0. The molecule has 3 rings (SSSR count). The van der Waals surface area contributed by atoms with Crippen LogP contribution < -0.4 is 4.90 Å². The number of aromatic nitrogens is 3. The van der Waals surface area contributed by atoms with Crippen molar-refractivity contribution in [3.63, 3.8) is 0 Å². The molecule has 0 aromatic carbocycles. The van der Waals surface area contributed by atoms with Crippen LogP contribution in [0.15, 0.2) is 18.6 Å². The van der Waals surface area contributed by atoms with Crippen molar-refractivity contribution in [2.24, 2.45) is 5.92 Å². The molecule has 2 atom stereocenters. The minimum absolute atomic E-state index is 0.0139. The van der Waals surface area contributed by atoms with E-state index in [0.29, 0.717) is 25.4 Å². The van der Waals surface area contributed by atoms with Gasteiger partial charge in [-0.05, 0) is 18.4 Å². The number of rotatable bonds is 4. The topological polar surface area (TPSA) is 92.2 Å². The second kappa shape index (κ2) is 7.60. The number of fused-ring (bicyclic) bond motifs is 1. The number of likely N-dealkylation sites (N-methyl/N-ethyl adjacent to an activating group) is 1. The lowest BCUT2D eigenvalue weighted by atomic mass is 9.92. The van der Waals surface area contributed by atoms with Crippen LogP contribution in [-0.4, -0.2) is 70.6 Å². The molecule has 8 nitrogen and oxygen atoms in total. The Labute approximate surface area is 153 Å². The van der Waals surface area contributed by atoms with E-state index in [4.69, 9.17) is 5.26 Å². The predicted octanol–water partition coefficient (Wildman–Crippen LogP) is 2.07. The normalized spacial score (nSPS) is 20.0. The maximum absolute atomic E-state index is 12.7. The third-order valence-electron chi connectivity index (χ3n) is 5.24. The number of urea groups is 1. The van der Waals surface area contributed by atoms with Crippen molar-refractivity contribution in [1.29, 1.82) is 5.26 Å². The van der Waals surface area contributed by atoms with E-state index in [1.54, 1.807) is 18.3 Å². The molecule has 1 saturated heterocycles. The van der Waals surface area contributed by atoms with E-state index >= 15 is 0 Å². The summed E-state index contributed by atoms with van der Waals surface area (Å²) in [5, 5.41) is 9.71. The summed E-state index contributed by atoms with van der Waals surface area (Å²) in [5.74, 6) is 1.32. The van der Waals surface area contributed by atoms with Gasteiger partial charge in [0.1, 0.15) is 17.8 Å². The highest BCUT2D eigenvalue weighted by atomic mass is 16.2. The Hall–Kier alpha value is -2.82. The van der Waals surface area contributed by atoms with E-state index in [9.17, 15) is 4.79 Å². The van der Waals surface area contributed by atoms with Crippen molar-refractivity contribution in [3.05, 3.63) is 18.6 Å². The van der Waals surface area contributed by atoms with Crippen LogP contribution in [0.5, 0.6) is 0 Å². The Kier molecular flexibility index (Phi) is 5.26. The lowest BCUT2D eigenvalue weighted by molar-refractivity contribution is 0.134. The molecule has 2 aromatic heterocycles. The molecule has 0 bridgehead atoms. The molecule has 0 spiro atoms. The number of likely N-dealkylation sites (tertiary alicyclic amines) is 1. The molecule has 1 fully saturated rings. The van der Waals surface area contributed by atoms with Crippen molar-refractivity contribution in [1.82, 2.24) is 24.8 Å². The number of hydrogen-bond acceptors (Lipinski definition) is 5. The zero-order chi connectivity index (χ0) is 18.7. The summed E-state index contributed by atoms with van der Waals surface area (Å²) < 4.78 is 0. The third-order valence-corrected chi connectivity index (χ3v) is 5.24. The van der Waals surface area contributed by atoms with Crippen LogP contribution in [0.25, 0.3) is 11.0 Å². The van der Waals surface area contributed by atoms with Gasteiger partial charge in [0.05, 0.1) is 23.9 Å². The zero-order valence-corrected chi connectivity index (χ0v) is 15.5. The summed E-state index contributed by atoms with van der Waals surface area (Å²) in [6.07, 6.45) is 4.72. The Morgan fingerprint density at radius 3 is 3.04 bits per heavy atom. The van der Waals surface area contributed by atoms with Gasteiger partial charge in [-0.1, -0.05) is 6.92 Å². The first-order valence-corrected chi connectivity index (χ1v) is 8.90. The van der Waals surface area contributed by atoms with E-state index in [2.05, 4.69) is 32.8 Å². The number of amides is 2. The van der Waals surface area contributed by atoms with E-state index in [1.165, 1.54) is 0 Å². The van der Waals surface area contributed by atoms with Gasteiger partial charge >= 0.3 is 6.03 Å². The Morgan fingerprint density at radius 2 is 2.27 bits per heavy atom. The zero-order valence-electron chi connectivity index (χ0n) is 15.5. The highest BCUT2D eigenvalue weighted by Gasteiger charge is 2.33. The second-order valence-corrected chi connectivity index (χ2v) is 6.94. The minimum Gasteiger partial charge on any atom is -0.354 e. The molecule has 26 heavy (non-hydrogen) atoms. The smallest absolute Gasteiger partial charge is 0.319 e. The van der Waals surface area contributed by atoms with Crippen LogP contribution in [0, 0.1) is 17.2 Å². The largest absolute Gasteiger partial charge is 0.354 e. The van der Waals surface area contributed by atoms with Crippen molar-refractivity contribution < 1.29 is 4.79 Å². The molecule has 1 aliphatic heterocycles. The molecule has 2 aromatic rings. The SMILES string of the molecule is CC1CCN(C(=O)N(C)CCC#N)CC1N(C)c1ncnc2[nH]ccc12. The number of carbonyl (C=O) groups is 1. The highest BCUT2D eigenvalue weighted by Crippen LogP contribution is 2.28. The number of H-pyrrole nitrogens is 1. The van der Waals surface area contributed by atoms with E-state index in [0.717, 1.165) is 29.8 Å². The molecular formula is C18H25N7O. The van der Waals surface area contributed by atoms with Crippen molar-refractivity contribution in [2.45, 2.75) is 25.8 Å². The lowest BCUT2D eigenvalue weighted by Gasteiger charge is -2.43. The van der Waals surface area contributed by atoms with Gasteiger partial charge in [0.2, 0.25) is 0 Å². The Morgan fingerprint density at radius 1 is 1.46 bits per heavy atom. The van der Waals surface area contributed by atoms with Gasteiger partial charge in [0.25, 0.3) is 0 Å². The monoisotopic (exact) mass is 355 g/mol. The van der Waals surface area contributed by atoms with Gasteiger partial charge in [-0.25, -0.2) is 14.8 Å². The summed E-state index contributed by atoms with van der Waals surface area (Å²) in [5.41, 5.74) is 0.814. The molecule has 0 aliphatic carbocycles. The number of nitriles is 1. The van der Waals surface area contributed by atoms with Crippen LogP contribution in [0.2, 0.25) is 0 Å². The second-order valence-electron chi connectivity index (χ2n) is 6.94. The summed E-state index contributed by atoms with van der Waals surface area (Å²) in [6.45, 7) is 4.06. The van der Waals surface area contributed by atoms with Crippen molar-refractivity contribution in [2.75, 3.05) is 38.6 Å².